The summed E-state index contributed by atoms with van der Waals surface area (Å²) in [4.78, 5) is 8.38. The molecule has 20 heavy (non-hydrogen) atoms. The van der Waals surface area contributed by atoms with Gasteiger partial charge in [0.25, 0.3) is 0 Å². The van der Waals surface area contributed by atoms with Gasteiger partial charge in [-0.25, -0.2) is 4.98 Å². The SMILES string of the molecule is CN=C(NCc1cccc(-c2ncn[nH]2)c1)NC1CC1. The summed E-state index contributed by atoms with van der Waals surface area (Å²) in [5, 5.41) is 13.4. The van der Waals surface area contributed by atoms with Crippen LogP contribution in [0, 0.1) is 0 Å². The first-order chi connectivity index (χ1) is 9.85. The Labute approximate surface area is 117 Å². The molecule has 3 rings (SSSR count). The van der Waals surface area contributed by atoms with Gasteiger partial charge in [-0.3, -0.25) is 10.1 Å². The Morgan fingerprint density at radius 1 is 1.45 bits per heavy atom. The molecule has 1 aromatic heterocycles. The Hall–Kier alpha value is -2.37. The van der Waals surface area contributed by atoms with Crippen molar-refractivity contribution in [1.29, 1.82) is 0 Å². The van der Waals surface area contributed by atoms with Crippen molar-refractivity contribution in [1.82, 2.24) is 25.8 Å². The van der Waals surface area contributed by atoms with Gasteiger partial charge in [0.15, 0.2) is 11.8 Å². The van der Waals surface area contributed by atoms with Gasteiger partial charge in [0.1, 0.15) is 6.33 Å². The van der Waals surface area contributed by atoms with Gasteiger partial charge in [-0.1, -0.05) is 18.2 Å². The van der Waals surface area contributed by atoms with Gasteiger partial charge in [0.2, 0.25) is 0 Å². The van der Waals surface area contributed by atoms with Crippen LogP contribution in [0.5, 0.6) is 0 Å². The van der Waals surface area contributed by atoms with Crippen LogP contribution < -0.4 is 10.6 Å². The van der Waals surface area contributed by atoms with Crippen LogP contribution in [0.2, 0.25) is 0 Å². The van der Waals surface area contributed by atoms with Crippen LogP contribution >= 0.6 is 0 Å². The molecule has 0 unspecified atom stereocenters. The molecule has 0 radical (unpaired) electrons. The van der Waals surface area contributed by atoms with Gasteiger partial charge in [-0.05, 0) is 24.5 Å². The summed E-state index contributed by atoms with van der Waals surface area (Å²) in [5.74, 6) is 1.64. The summed E-state index contributed by atoms with van der Waals surface area (Å²) >= 11 is 0. The summed E-state index contributed by atoms with van der Waals surface area (Å²) < 4.78 is 0. The molecule has 6 nitrogen and oxygen atoms in total. The van der Waals surface area contributed by atoms with Crippen LogP contribution in [-0.4, -0.2) is 34.2 Å². The molecule has 0 bridgehead atoms. The molecule has 3 N–H and O–H groups in total. The van der Waals surface area contributed by atoms with Crippen molar-refractivity contribution in [3.63, 3.8) is 0 Å². The molecule has 1 heterocycles. The van der Waals surface area contributed by atoms with Gasteiger partial charge in [0, 0.05) is 25.2 Å². The second kappa shape index (κ2) is 5.73. The molecule has 1 aromatic carbocycles. The lowest BCUT2D eigenvalue weighted by molar-refractivity contribution is 0.805. The van der Waals surface area contributed by atoms with Crippen molar-refractivity contribution >= 4 is 5.96 Å². The molecule has 0 aliphatic heterocycles. The second-order valence-corrected chi connectivity index (χ2v) is 4.88. The van der Waals surface area contributed by atoms with Crippen LogP contribution in [-0.2, 0) is 6.54 Å². The molecule has 1 fully saturated rings. The van der Waals surface area contributed by atoms with E-state index in [0.717, 1.165) is 23.9 Å². The predicted molar refractivity (Wildman–Crippen MR) is 78.2 cm³/mol. The highest BCUT2D eigenvalue weighted by Crippen LogP contribution is 2.18. The number of aromatic nitrogens is 3. The fraction of sp³-hybridized carbons (Fsp3) is 0.357. The van der Waals surface area contributed by atoms with E-state index in [1.165, 1.54) is 24.7 Å². The number of H-pyrrole nitrogens is 1. The fourth-order valence-corrected chi connectivity index (χ4v) is 1.97. The van der Waals surface area contributed by atoms with E-state index in [1.807, 2.05) is 12.1 Å². The second-order valence-electron chi connectivity index (χ2n) is 4.88. The first kappa shape index (κ1) is 12.7. The first-order valence-electron chi connectivity index (χ1n) is 6.77. The number of hydrogen-bond donors (Lipinski definition) is 3. The van der Waals surface area contributed by atoms with E-state index in [9.17, 15) is 0 Å². The number of rotatable bonds is 4. The zero-order valence-corrected chi connectivity index (χ0v) is 11.4. The lowest BCUT2D eigenvalue weighted by Crippen LogP contribution is -2.38. The molecule has 6 heteroatoms. The lowest BCUT2D eigenvalue weighted by atomic mass is 10.1. The van der Waals surface area contributed by atoms with Gasteiger partial charge < -0.3 is 10.6 Å². The molecule has 1 saturated carbocycles. The number of nitrogens with zero attached hydrogens (tertiary/aromatic N) is 3. The zero-order chi connectivity index (χ0) is 13.8. The van der Waals surface area contributed by atoms with Crippen LogP contribution in [0.1, 0.15) is 18.4 Å². The van der Waals surface area contributed by atoms with E-state index in [4.69, 9.17) is 0 Å². The summed E-state index contributed by atoms with van der Waals surface area (Å²) in [6.45, 7) is 0.731. The van der Waals surface area contributed by atoms with Gasteiger partial charge in [-0.2, -0.15) is 5.10 Å². The largest absolute Gasteiger partial charge is 0.354 e. The predicted octanol–water partition coefficient (Wildman–Crippen LogP) is 1.30. The molecule has 0 amide bonds. The zero-order valence-electron chi connectivity index (χ0n) is 11.4. The smallest absolute Gasteiger partial charge is 0.191 e. The third kappa shape index (κ3) is 3.14. The maximum Gasteiger partial charge on any atom is 0.191 e. The Kier molecular flexibility index (Phi) is 3.62. The Morgan fingerprint density at radius 3 is 3.05 bits per heavy atom. The Bertz CT molecular complexity index is 585. The summed E-state index contributed by atoms with van der Waals surface area (Å²) in [7, 11) is 1.79. The van der Waals surface area contributed by atoms with E-state index in [0.29, 0.717) is 6.04 Å². The van der Waals surface area contributed by atoms with Gasteiger partial charge in [-0.15, -0.1) is 0 Å². The molecule has 1 aliphatic rings. The first-order valence-corrected chi connectivity index (χ1v) is 6.77. The minimum absolute atomic E-state index is 0.599. The number of benzene rings is 1. The number of aromatic amines is 1. The highest BCUT2D eigenvalue weighted by atomic mass is 15.2. The lowest BCUT2D eigenvalue weighted by Gasteiger charge is -2.11. The minimum atomic E-state index is 0.599. The topological polar surface area (TPSA) is 78.0 Å². The van der Waals surface area contributed by atoms with Crippen molar-refractivity contribution in [3.8, 4) is 11.4 Å². The third-order valence-corrected chi connectivity index (χ3v) is 3.22. The molecule has 104 valence electrons. The van der Waals surface area contributed by atoms with E-state index in [2.05, 4.69) is 42.9 Å². The average Bonchev–Trinajstić information content (AvgIpc) is 3.13. The highest BCUT2D eigenvalue weighted by Gasteiger charge is 2.21. The summed E-state index contributed by atoms with van der Waals surface area (Å²) in [5.41, 5.74) is 2.21. The summed E-state index contributed by atoms with van der Waals surface area (Å²) in [6.07, 6.45) is 3.99. The molecule has 0 atom stereocenters. The van der Waals surface area contributed by atoms with Crippen molar-refractivity contribution in [2.45, 2.75) is 25.4 Å². The molecular weight excluding hydrogens is 252 g/mol. The maximum atomic E-state index is 4.22. The minimum Gasteiger partial charge on any atom is -0.354 e. The van der Waals surface area contributed by atoms with E-state index >= 15 is 0 Å². The van der Waals surface area contributed by atoms with Gasteiger partial charge >= 0.3 is 0 Å². The monoisotopic (exact) mass is 270 g/mol. The van der Waals surface area contributed by atoms with E-state index in [1.54, 1.807) is 7.05 Å². The van der Waals surface area contributed by atoms with Crippen LogP contribution in [0.3, 0.4) is 0 Å². The fourth-order valence-electron chi connectivity index (χ4n) is 1.97. The average molecular weight is 270 g/mol. The van der Waals surface area contributed by atoms with Crippen LogP contribution in [0.25, 0.3) is 11.4 Å². The number of hydrogen-bond acceptors (Lipinski definition) is 3. The number of aliphatic imine (C=N–C) groups is 1. The van der Waals surface area contributed by atoms with Crippen molar-refractivity contribution in [3.05, 3.63) is 36.2 Å². The van der Waals surface area contributed by atoms with Crippen LogP contribution in [0.15, 0.2) is 35.6 Å². The molecular formula is C14H18N6. The van der Waals surface area contributed by atoms with Gasteiger partial charge in [0.05, 0.1) is 0 Å². The summed E-state index contributed by atoms with van der Waals surface area (Å²) in [6, 6.07) is 8.81. The molecule has 1 aliphatic carbocycles. The normalized spacial score (nSPS) is 15.2. The quantitative estimate of drug-likeness (QED) is 0.578. The number of guanidine groups is 1. The molecule has 0 spiro atoms. The van der Waals surface area contributed by atoms with Crippen molar-refractivity contribution in [2.75, 3.05) is 7.05 Å². The maximum absolute atomic E-state index is 4.22. The Morgan fingerprint density at radius 2 is 2.35 bits per heavy atom. The molecule has 0 saturated heterocycles. The molecule has 2 aromatic rings. The van der Waals surface area contributed by atoms with E-state index < -0.39 is 0 Å². The van der Waals surface area contributed by atoms with Crippen molar-refractivity contribution < 1.29 is 0 Å². The third-order valence-electron chi connectivity index (χ3n) is 3.22. The number of nitrogens with one attached hydrogen (secondary N) is 3. The highest BCUT2D eigenvalue weighted by molar-refractivity contribution is 5.80. The standard InChI is InChI=1S/C14H18N6/c1-15-14(19-12-5-6-12)16-8-10-3-2-4-11(7-10)13-17-9-18-20-13/h2-4,7,9,12H,5-6,8H2,1H3,(H2,15,16,19)(H,17,18,20). The van der Waals surface area contributed by atoms with E-state index in [-0.39, 0.29) is 0 Å². The Balaban J connectivity index is 1.63. The van der Waals surface area contributed by atoms with Crippen molar-refractivity contribution in [2.24, 2.45) is 4.99 Å². The van der Waals surface area contributed by atoms with Crippen LogP contribution in [0.4, 0.5) is 0 Å².